The van der Waals surface area contributed by atoms with Crippen LogP contribution in [0.3, 0.4) is 0 Å². The normalized spacial score (nSPS) is 9.79. The quantitative estimate of drug-likeness (QED) is 0.630. The van der Waals surface area contributed by atoms with Gasteiger partial charge in [0.05, 0.1) is 0 Å². The van der Waals surface area contributed by atoms with E-state index in [4.69, 9.17) is 9.66 Å². The molecule has 14 heavy (non-hydrogen) atoms. The molecule has 1 aromatic carbocycles. The fourth-order valence-electron chi connectivity index (χ4n) is 0.829. The minimum Gasteiger partial charge on any atom is -0.508 e. The summed E-state index contributed by atoms with van der Waals surface area (Å²) in [5.41, 5.74) is 0.194. The van der Waals surface area contributed by atoms with Crippen LogP contribution in [0.15, 0.2) is 24.3 Å². The van der Waals surface area contributed by atoms with Crippen molar-refractivity contribution in [1.82, 2.24) is 0 Å². The Morgan fingerprint density at radius 3 is 2.07 bits per heavy atom. The van der Waals surface area contributed by atoms with Gasteiger partial charge in [-0.25, -0.2) is 0 Å². The molecule has 0 aliphatic carbocycles. The number of benzene rings is 1. The third kappa shape index (κ3) is 4.77. The number of hydrogen-bond acceptors (Lipinski definition) is 3. The molecule has 0 aromatic heterocycles. The summed E-state index contributed by atoms with van der Waals surface area (Å²) in [6.07, 6.45) is 0. The number of hydrogen-bond donors (Lipinski definition) is 2. The number of phenols is 1. The molecule has 0 aliphatic rings. The van der Waals surface area contributed by atoms with Gasteiger partial charge in [-0.1, -0.05) is 18.2 Å². The fourth-order valence-corrected chi connectivity index (χ4v) is 1.47. The van der Waals surface area contributed by atoms with Crippen LogP contribution in [-0.4, -0.2) is 29.0 Å². The first-order chi connectivity index (χ1) is 5.49. The van der Waals surface area contributed by atoms with Gasteiger partial charge in [0.25, 0.3) is 10.1 Å². The zero-order valence-electron chi connectivity index (χ0n) is 7.14. The van der Waals surface area contributed by atoms with Crippen LogP contribution in [-0.2, 0) is 15.9 Å². The standard InChI is InChI=1S/C7H8O4S.2H2O/c8-7-4-2-1-3-6(7)5-12(9,10)11;;/h1-4,8H,5H2,(H,9,10,11);2*1H2. The van der Waals surface area contributed by atoms with Gasteiger partial charge >= 0.3 is 0 Å². The van der Waals surface area contributed by atoms with Crippen molar-refractivity contribution in [3.63, 3.8) is 0 Å². The largest absolute Gasteiger partial charge is 0.508 e. The van der Waals surface area contributed by atoms with Crippen LogP contribution >= 0.6 is 0 Å². The van der Waals surface area contributed by atoms with Crippen molar-refractivity contribution >= 4 is 10.1 Å². The van der Waals surface area contributed by atoms with Crippen LogP contribution in [0.25, 0.3) is 0 Å². The summed E-state index contributed by atoms with van der Waals surface area (Å²) in [5, 5.41) is 9.10. The van der Waals surface area contributed by atoms with Crippen molar-refractivity contribution in [3.05, 3.63) is 29.8 Å². The summed E-state index contributed by atoms with van der Waals surface area (Å²) < 4.78 is 29.3. The Bertz CT molecular complexity index is 372. The van der Waals surface area contributed by atoms with Crippen LogP contribution in [0.4, 0.5) is 0 Å². The highest BCUT2D eigenvalue weighted by atomic mass is 32.2. The Balaban J connectivity index is 0. The molecule has 0 fully saturated rings. The SMILES string of the molecule is O.O.O=S(=O)(O)Cc1ccccc1O. The van der Waals surface area contributed by atoms with E-state index in [0.717, 1.165) is 0 Å². The van der Waals surface area contributed by atoms with Crippen molar-refractivity contribution in [2.75, 3.05) is 0 Å². The van der Waals surface area contributed by atoms with Gasteiger partial charge in [0, 0.05) is 5.56 Å². The van der Waals surface area contributed by atoms with Gasteiger partial charge in [0.15, 0.2) is 0 Å². The lowest BCUT2D eigenvalue weighted by Crippen LogP contribution is -2.01. The molecule has 0 bridgehead atoms. The summed E-state index contributed by atoms with van der Waals surface area (Å²) >= 11 is 0. The highest BCUT2D eigenvalue weighted by molar-refractivity contribution is 7.85. The number of phenolic OH excluding ortho intramolecular Hbond substituents is 1. The molecule has 6 nitrogen and oxygen atoms in total. The maximum atomic E-state index is 10.4. The van der Waals surface area contributed by atoms with E-state index >= 15 is 0 Å². The van der Waals surface area contributed by atoms with Gasteiger partial charge in [-0.15, -0.1) is 0 Å². The van der Waals surface area contributed by atoms with E-state index < -0.39 is 15.9 Å². The zero-order valence-corrected chi connectivity index (χ0v) is 7.95. The molecule has 0 spiro atoms. The van der Waals surface area contributed by atoms with Crippen LogP contribution < -0.4 is 0 Å². The molecule has 82 valence electrons. The first-order valence-corrected chi connectivity index (χ1v) is 4.82. The Morgan fingerprint density at radius 1 is 1.14 bits per heavy atom. The molecule has 6 N–H and O–H groups in total. The van der Waals surface area contributed by atoms with Crippen molar-refractivity contribution < 1.29 is 29.0 Å². The van der Waals surface area contributed by atoms with E-state index in [1.165, 1.54) is 12.1 Å². The van der Waals surface area contributed by atoms with E-state index in [-0.39, 0.29) is 22.3 Å². The second-order valence-electron chi connectivity index (χ2n) is 2.35. The molecule has 0 atom stereocenters. The third-order valence-corrected chi connectivity index (χ3v) is 2.01. The molecule has 1 rings (SSSR count). The summed E-state index contributed by atoms with van der Waals surface area (Å²) in [6.45, 7) is 0. The summed E-state index contributed by atoms with van der Waals surface area (Å²) in [4.78, 5) is 0. The molecule has 0 aliphatic heterocycles. The minimum absolute atomic E-state index is 0. The molecule has 0 unspecified atom stereocenters. The van der Waals surface area contributed by atoms with Gasteiger partial charge in [-0.05, 0) is 6.07 Å². The van der Waals surface area contributed by atoms with Crippen molar-refractivity contribution in [2.24, 2.45) is 0 Å². The molecule has 0 heterocycles. The lowest BCUT2D eigenvalue weighted by atomic mass is 10.2. The van der Waals surface area contributed by atoms with E-state index in [2.05, 4.69) is 0 Å². The zero-order chi connectivity index (χ0) is 9.19. The van der Waals surface area contributed by atoms with Crippen LogP contribution in [0.2, 0.25) is 0 Å². The first-order valence-electron chi connectivity index (χ1n) is 3.21. The number of rotatable bonds is 2. The lowest BCUT2D eigenvalue weighted by molar-refractivity contribution is 0.462. The molecule has 0 amide bonds. The summed E-state index contributed by atoms with van der Waals surface area (Å²) in [7, 11) is -4.06. The summed E-state index contributed by atoms with van der Waals surface area (Å²) in [5.74, 6) is -0.685. The maximum absolute atomic E-state index is 10.4. The smallest absolute Gasteiger partial charge is 0.269 e. The Morgan fingerprint density at radius 2 is 1.64 bits per heavy atom. The molecule has 7 heteroatoms. The van der Waals surface area contributed by atoms with Crippen molar-refractivity contribution in [3.8, 4) is 5.75 Å². The topological polar surface area (TPSA) is 138 Å². The Kier molecular flexibility index (Phi) is 6.08. The number of para-hydroxylation sites is 1. The average molecular weight is 224 g/mol. The molecular weight excluding hydrogens is 212 g/mol. The highest BCUT2D eigenvalue weighted by Crippen LogP contribution is 2.17. The second-order valence-corrected chi connectivity index (χ2v) is 3.81. The van der Waals surface area contributed by atoms with Gasteiger partial charge in [0.2, 0.25) is 0 Å². The van der Waals surface area contributed by atoms with Gasteiger partial charge in [0.1, 0.15) is 11.5 Å². The average Bonchev–Trinajstić information content (AvgIpc) is 1.91. The monoisotopic (exact) mass is 224 g/mol. The molecule has 0 saturated heterocycles. The van der Waals surface area contributed by atoms with Crippen molar-refractivity contribution in [1.29, 1.82) is 0 Å². The van der Waals surface area contributed by atoms with Gasteiger partial charge < -0.3 is 16.1 Å². The van der Waals surface area contributed by atoms with Crippen LogP contribution in [0.1, 0.15) is 5.56 Å². The van der Waals surface area contributed by atoms with Gasteiger partial charge in [-0.2, -0.15) is 8.42 Å². The number of aromatic hydroxyl groups is 1. The molecule has 1 aromatic rings. The van der Waals surface area contributed by atoms with Crippen LogP contribution in [0, 0.1) is 0 Å². The first kappa shape index (κ1) is 15.3. The van der Waals surface area contributed by atoms with Gasteiger partial charge in [-0.3, -0.25) is 4.55 Å². The maximum Gasteiger partial charge on any atom is 0.269 e. The molecule has 0 radical (unpaired) electrons. The van der Waals surface area contributed by atoms with E-state index in [1.54, 1.807) is 12.1 Å². The highest BCUT2D eigenvalue weighted by Gasteiger charge is 2.09. The predicted molar refractivity (Wildman–Crippen MR) is 50.6 cm³/mol. The molecule has 0 saturated carbocycles. The van der Waals surface area contributed by atoms with E-state index in [0.29, 0.717) is 0 Å². The second kappa shape index (κ2) is 5.55. The van der Waals surface area contributed by atoms with Crippen LogP contribution in [0.5, 0.6) is 5.75 Å². The lowest BCUT2D eigenvalue weighted by Gasteiger charge is -2.00. The van der Waals surface area contributed by atoms with E-state index in [9.17, 15) is 8.42 Å². The van der Waals surface area contributed by atoms with E-state index in [1.807, 2.05) is 0 Å². The minimum atomic E-state index is -4.06. The Hall–Kier alpha value is -1.15. The third-order valence-electron chi connectivity index (χ3n) is 1.33. The predicted octanol–water partition coefficient (Wildman–Crippen LogP) is -0.869. The Labute approximate surface area is 81.2 Å². The summed E-state index contributed by atoms with van der Waals surface area (Å²) in [6, 6.07) is 5.95. The fraction of sp³-hybridized carbons (Fsp3) is 0.143. The molecular formula is C7H12O6S. The van der Waals surface area contributed by atoms with Crippen molar-refractivity contribution in [2.45, 2.75) is 5.75 Å².